The Morgan fingerprint density at radius 1 is 1.07 bits per heavy atom. The number of ether oxygens (including phenoxy) is 1. The largest absolute Gasteiger partial charge is 0.485 e. The molecular weight excluding hydrogens is 369 g/mol. The number of nitrogens with zero attached hydrogens (tertiary/aromatic N) is 2. The van der Waals surface area contributed by atoms with E-state index in [4.69, 9.17) is 4.74 Å². The first-order valence-electron chi connectivity index (χ1n) is 9.61. The van der Waals surface area contributed by atoms with Gasteiger partial charge in [0, 0.05) is 29.2 Å². The van der Waals surface area contributed by atoms with Crippen molar-refractivity contribution < 1.29 is 9.13 Å². The molecule has 3 heterocycles. The van der Waals surface area contributed by atoms with E-state index in [1.807, 2.05) is 18.3 Å². The summed E-state index contributed by atoms with van der Waals surface area (Å²) in [5.74, 6) is 2.16. The summed E-state index contributed by atoms with van der Waals surface area (Å²) in [5.41, 5.74) is 3.13. The molecule has 0 saturated carbocycles. The van der Waals surface area contributed by atoms with Crippen LogP contribution in [0.5, 0.6) is 5.75 Å². The second kappa shape index (κ2) is 7.43. The molecule has 3 N–H and O–H groups in total. The lowest BCUT2D eigenvalue weighted by Gasteiger charge is -2.21. The number of rotatable bonds is 5. The minimum Gasteiger partial charge on any atom is -0.485 e. The van der Waals surface area contributed by atoms with Crippen LogP contribution in [0.1, 0.15) is 5.56 Å². The highest BCUT2D eigenvalue weighted by atomic mass is 19.1. The van der Waals surface area contributed by atoms with Crippen LogP contribution in [0.3, 0.4) is 0 Å². The first-order valence-corrected chi connectivity index (χ1v) is 9.61. The van der Waals surface area contributed by atoms with Crippen LogP contribution in [0.15, 0.2) is 54.7 Å². The Balaban J connectivity index is 1.41. The molecule has 1 aliphatic heterocycles. The van der Waals surface area contributed by atoms with Crippen molar-refractivity contribution in [3.05, 3.63) is 66.1 Å². The summed E-state index contributed by atoms with van der Waals surface area (Å²) >= 11 is 0. The smallest absolute Gasteiger partial charge is 0.204 e. The van der Waals surface area contributed by atoms with E-state index in [0.717, 1.165) is 17.5 Å². The van der Waals surface area contributed by atoms with E-state index < -0.39 is 0 Å². The average Bonchev–Trinajstić information content (AvgIpc) is 3.17. The van der Waals surface area contributed by atoms with Crippen LogP contribution < -0.4 is 15.4 Å². The monoisotopic (exact) mass is 389 g/mol. The van der Waals surface area contributed by atoms with Crippen molar-refractivity contribution >= 4 is 22.5 Å². The highest BCUT2D eigenvalue weighted by Crippen LogP contribution is 2.34. The predicted octanol–water partition coefficient (Wildman–Crippen LogP) is 4.22. The maximum Gasteiger partial charge on any atom is 0.204 e. The third-order valence-electron chi connectivity index (χ3n) is 4.97. The number of halogens is 1. The molecule has 0 fully saturated rings. The van der Waals surface area contributed by atoms with E-state index >= 15 is 0 Å². The van der Waals surface area contributed by atoms with Crippen molar-refractivity contribution in [3.8, 4) is 17.1 Å². The molecule has 2 aromatic carbocycles. The number of hydrogen-bond acceptors (Lipinski definition) is 5. The lowest BCUT2D eigenvalue weighted by atomic mass is 10.1. The Morgan fingerprint density at radius 2 is 1.93 bits per heavy atom. The summed E-state index contributed by atoms with van der Waals surface area (Å²) in [5, 5.41) is 7.88. The van der Waals surface area contributed by atoms with Gasteiger partial charge in [0.2, 0.25) is 5.75 Å². The number of aromatic nitrogens is 3. The molecule has 7 heteroatoms. The van der Waals surface area contributed by atoms with Gasteiger partial charge in [-0.25, -0.2) is 14.4 Å². The Morgan fingerprint density at radius 3 is 2.83 bits per heavy atom. The minimum absolute atomic E-state index is 0.287. The van der Waals surface area contributed by atoms with Crippen molar-refractivity contribution in [2.45, 2.75) is 6.42 Å². The zero-order chi connectivity index (χ0) is 19.6. The Hall–Kier alpha value is -3.61. The van der Waals surface area contributed by atoms with Crippen molar-refractivity contribution in [2.75, 3.05) is 30.3 Å². The fraction of sp³-hybridized carbons (Fsp3) is 0.182. The van der Waals surface area contributed by atoms with E-state index in [9.17, 15) is 4.39 Å². The number of hydrogen-bond donors (Lipinski definition) is 3. The lowest BCUT2D eigenvalue weighted by Crippen LogP contribution is -2.21. The Bertz CT molecular complexity index is 1160. The molecule has 1 aliphatic rings. The summed E-state index contributed by atoms with van der Waals surface area (Å²) in [7, 11) is 0. The topological polar surface area (TPSA) is 74.9 Å². The molecule has 0 aliphatic carbocycles. The third kappa shape index (κ3) is 3.47. The van der Waals surface area contributed by atoms with Gasteiger partial charge in [-0.05, 0) is 42.3 Å². The van der Waals surface area contributed by atoms with Gasteiger partial charge in [-0.1, -0.05) is 18.2 Å². The molecule has 0 amide bonds. The third-order valence-corrected chi connectivity index (χ3v) is 4.97. The molecule has 5 rings (SSSR count). The van der Waals surface area contributed by atoms with Crippen molar-refractivity contribution in [1.82, 2.24) is 15.0 Å². The first-order chi connectivity index (χ1) is 14.3. The standard InChI is InChI=1S/C22H20FN5O/c23-16-7-5-14(6-8-16)20-27-21(19-22(28-20)25-11-12-29-19)24-10-9-15-13-26-18-4-2-1-3-17(15)18/h1-8,13,26H,9-12H2,(H2,24,25,27,28). The van der Waals surface area contributed by atoms with Crippen LogP contribution in [0.25, 0.3) is 22.3 Å². The van der Waals surface area contributed by atoms with E-state index in [1.165, 1.54) is 23.1 Å². The zero-order valence-corrected chi connectivity index (χ0v) is 15.7. The molecule has 0 radical (unpaired) electrons. The van der Waals surface area contributed by atoms with Crippen LogP contribution >= 0.6 is 0 Å². The normalized spacial score (nSPS) is 12.9. The van der Waals surface area contributed by atoms with Gasteiger partial charge >= 0.3 is 0 Å². The number of anilines is 2. The van der Waals surface area contributed by atoms with Crippen LogP contribution in [-0.2, 0) is 6.42 Å². The number of benzene rings is 2. The van der Waals surface area contributed by atoms with Gasteiger partial charge in [0.25, 0.3) is 0 Å². The van der Waals surface area contributed by atoms with Crippen LogP contribution in [0.2, 0.25) is 0 Å². The molecule has 146 valence electrons. The fourth-order valence-electron chi connectivity index (χ4n) is 3.53. The van der Waals surface area contributed by atoms with Gasteiger partial charge in [-0.2, -0.15) is 0 Å². The van der Waals surface area contributed by atoms with Crippen molar-refractivity contribution in [3.63, 3.8) is 0 Å². The van der Waals surface area contributed by atoms with Crippen molar-refractivity contribution in [1.29, 1.82) is 0 Å². The summed E-state index contributed by atoms with van der Waals surface area (Å²) in [6.07, 6.45) is 2.88. The van der Waals surface area contributed by atoms with Gasteiger partial charge in [-0.3, -0.25) is 0 Å². The van der Waals surface area contributed by atoms with Gasteiger partial charge in [-0.15, -0.1) is 0 Å². The summed E-state index contributed by atoms with van der Waals surface area (Å²) in [6, 6.07) is 14.4. The number of para-hydroxylation sites is 1. The second-order valence-electron chi connectivity index (χ2n) is 6.89. The number of aromatic amines is 1. The molecular formula is C22H20FN5O. The zero-order valence-electron chi connectivity index (χ0n) is 15.7. The molecule has 0 saturated heterocycles. The maximum atomic E-state index is 13.3. The molecule has 0 unspecified atom stereocenters. The molecule has 4 aromatic rings. The molecule has 0 atom stereocenters. The molecule has 29 heavy (non-hydrogen) atoms. The lowest BCUT2D eigenvalue weighted by molar-refractivity contribution is 0.321. The maximum absolute atomic E-state index is 13.3. The van der Waals surface area contributed by atoms with E-state index in [2.05, 4.69) is 37.7 Å². The summed E-state index contributed by atoms with van der Waals surface area (Å²) < 4.78 is 19.1. The molecule has 0 spiro atoms. The van der Waals surface area contributed by atoms with Crippen LogP contribution in [0, 0.1) is 5.82 Å². The Labute approximate surface area is 167 Å². The van der Waals surface area contributed by atoms with Crippen LogP contribution in [-0.4, -0.2) is 34.6 Å². The highest BCUT2D eigenvalue weighted by Gasteiger charge is 2.20. The molecule has 0 bridgehead atoms. The fourth-order valence-corrected chi connectivity index (χ4v) is 3.53. The average molecular weight is 389 g/mol. The SMILES string of the molecule is Fc1ccc(-c2nc3c(c(NCCc4c[nH]c5ccccc45)n2)OCCN3)cc1. The quantitative estimate of drug-likeness (QED) is 0.476. The predicted molar refractivity (Wildman–Crippen MR) is 112 cm³/mol. The number of fused-ring (bicyclic) bond motifs is 2. The first kappa shape index (κ1) is 17.5. The Kier molecular flexibility index (Phi) is 4.48. The highest BCUT2D eigenvalue weighted by molar-refractivity contribution is 5.83. The summed E-state index contributed by atoms with van der Waals surface area (Å²) in [4.78, 5) is 12.5. The van der Waals surface area contributed by atoms with E-state index in [0.29, 0.717) is 42.9 Å². The second-order valence-corrected chi connectivity index (χ2v) is 6.89. The minimum atomic E-state index is -0.287. The molecule has 6 nitrogen and oxygen atoms in total. The van der Waals surface area contributed by atoms with E-state index in [1.54, 1.807) is 12.1 Å². The summed E-state index contributed by atoms with van der Waals surface area (Å²) in [6.45, 7) is 1.93. The van der Waals surface area contributed by atoms with Gasteiger partial charge < -0.3 is 20.4 Å². The van der Waals surface area contributed by atoms with Gasteiger partial charge in [0.1, 0.15) is 12.4 Å². The van der Waals surface area contributed by atoms with Crippen LogP contribution in [0.4, 0.5) is 16.0 Å². The molecule has 2 aromatic heterocycles. The van der Waals surface area contributed by atoms with Gasteiger partial charge in [0.15, 0.2) is 17.5 Å². The van der Waals surface area contributed by atoms with Gasteiger partial charge in [0.05, 0.1) is 6.54 Å². The number of nitrogens with one attached hydrogen (secondary N) is 3. The van der Waals surface area contributed by atoms with E-state index in [-0.39, 0.29) is 5.82 Å². The van der Waals surface area contributed by atoms with Crippen molar-refractivity contribution in [2.24, 2.45) is 0 Å². The number of H-pyrrole nitrogens is 1.